The van der Waals surface area contributed by atoms with Crippen LogP contribution in [0.4, 0.5) is 0 Å². The highest BCUT2D eigenvalue weighted by Gasteiger charge is 2.13. The van der Waals surface area contributed by atoms with Crippen LogP contribution in [0.3, 0.4) is 0 Å². The molecule has 2 aromatic heterocycles. The fraction of sp³-hybridized carbons (Fsp3) is 0.125. The molecule has 0 fully saturated rings. The number of hydrogen-bond donors (Lipinski definition) is 0. The summed E-state index contributed by atoms with van der Waals surface area (Å²) in [5.74, 6) is 0. The van der Waals surface area contributed by atoms with Gasteiger partial charge in [-0.3, -0.25) is 4.79 Å². The standard InChI is InChI=1S/C16H13ClN2OS/c1-2-14-7-8-15(21-14)16-11(10-20)9-19(18-16)13-5-3-12(17)4-6-13/h3-10H,2H2,1H3. The molecule has 0 spiro atoms. The third-order valence-electron chi connectivity index (χ3n) is 3.20. The zero-order chi connectivity index (χ0) is 14.8. The quantitative estimate of drug-likeness (QED) is 0.658. The van der Waals surface area contributed by atoms with Crippen LogP contribution in [0.1, 0.15) is 22.2 Å². The minimum atomic E-state index is 0.592. The molecule has 3 nitrogen and oxygen atoms in total. The van der Waals surface area contributed by atoms with Crippen LogP contribution in [0.25, 0.3) is 16.3 Å². The van der Waals surface area contributed by atoms with E-state index in [9.17, 15) is 4.79 Å². The summed E-state index contributed by atoms with van der Waals surface area (Å²) in [6.45, 7) is 2.11. The number of halogens is 1. The predicted molar refractivity (Wildman–Crippen MR) is 86.7 cm³/mol. The van der Waals surface area contributed by atoms with Crippen molar-refractivity contribution in [1.82, 2.24) is 9.78 Å². The van der Waals surface area contributed by atoms with Gasteiger partial charge in [0.25, 0.3) is 0 Å². The molecule has 0 aliphatic rings. The lowest BCUT2D eigenvalue weighted by atomic mass is 10.2. The number of hydrogen-bond acceptors (Lipinski definition) is 3. The van der Waals surface area contributed by atoms with Crippen LogP contribution in [0, 0.1) is 0 Å². The number of aldehydes is 1. The van der Waals surface area contributed by atoms with Crippen molar-refractivity contribution in [2.45, 2.75) is 13.3 Å². The van der Waals surface area contributed by atoms with Gasteiger partial charge in [-0.1, -0.05) is 18.5 Å². The molecular weight excluding hydrogens is 304 g/mol. The first-order chi connectivity index (χ1) is 10.2. The van der Waals surface area contributed by atoms with Crippen molar-refractivity contribution in [3.8, 4) is 16.3 Å². The van der Waals surface area contributed by atoms with E-state index in [0.29, 0.717) is 10.6 Å². The molecule has 0 radical (unpaired) electrons. The molecule has 0 amide bonds. The maximum absolute atomic E-state index is 11.3. The molecule has 2 heterocycles. The fourth-order valence-corrected chi connectivity index (χ4v) is 3.17. The Morgan fingerprint density at radius 3 is 2.62 bits per heavy atom. The number of nitrogens with zero attached hydrogens (tertiary/aromatic N) is 2. The van der Waals surface area contributed by atoms with Crippen molar-refractivity contribution >= 4 is 29.2 Å². The lowest BCUT2D eigenvalue weighted by Crippen LogP contribution is -1.93. The topological polar surface area (TPSA) is 34.9 Å². The minimum Gasteiger partial charge on any atom is -0.298 e. The zero-order valence-corrected chi connectivity index (χ0v) is 13.0. The average Bonchev–Trinajstić information content (AvgIpc) is 3.14. The maximum atomic E-state index is 11.3. The van der Waals surface area contributed by atoms with Gasteiger partial charge in [-0.15, -0.1) is 11.3 Å². The monoisotopic (exact) mass is 316 g/mol. The lowest BCUT2D eigenvalue weighted by Gasteiger charge is -2.00. The Labute approximate surface area is 131 Å². The third-order valence-corrected chi connectivity index (χ3v) is 4.69. The minimum absolute atomic E-state index is 0.592. The Kier molecular flexibility index (Phi) is 3.90. The summed E-state index contributed by atoms with van der Waals surface area (Å²) >= 11 is 7.56. The first kappa shape index (κ1) is 14.0. The molecule has 1 aromatic carbocycles. The summed E-state index contributed by atoms with van der Waals surface area (Å²) in [7, 11) is 0. The smallest absolute Gasteiger partial charge is 0.153 e. The van der Waals surface area contributed by atoms with Crippen LogP contribution in [0.2, 0.25) is 5.02 Å². The SMILES string of the molecule is CCc1ccc(-c2nn(-c3ccc(Cl)cc3)cc2C=O)s1. The van der Waals surface area contributed by atoms with Crippen molar-refractivity contribution in [1.29, 1.82) is 0 Å². The molecule has 0 N–H and O–H groups in total. The molecule has 0 atom stereocenters. The second-order valence-corrected chi connectivity index (χ2v) is 6.20. The Bertz CT molecular complexity index is 774. The molecule has 3 rings (SSSR count). The molecular formula is C16H13ClN2OS. The molecule has 21 heavy (non-hydrogen) atoms. The van der Waals surface area contributed by atoms with Gasteiger partial charge in [0.15, 0.2) is 6.29 Å². The Morgan fingerprint density at radius 1 is 1.24 bits per heavy atom. The van der Waals surface area contributed by atoms with Crippen molar-refractivity contribution in [2.75, 3.05) is 0 Å². The van der Waals surface area contributed by atoms with Gasteiger partial charge in [0.05, 0.1) is 16.1 Å². The summed E-state index contributed by atoms with van der Waals surface area (Å²) < 4.78 is 1.71. The maximum Gasteiger partial charge on any atom is 0.153 e. The van der Waals surface area contributed by atoms with Crippen molar-refractivity contribution in [3.05, 3.63) is 58.1 Å². The Balaban J connectivity index is 2.05. The van der Waals surface area contributed by atoms with E-state index in [4.69, 9.17) is 11.6 Å². The van der Waals surface area contributed by atoms with E-state index in [-0.39, 0.29) is 0 Å². The fourth-order valence-electron chi connectivity index (χ4n) is 2.09. The highest BCUT2D eigenvalue weighted by Crippen LogP contribution is 2.30. The molecule has 0 aliphatic heterocycles. The van der Waals surface area contributed by atoms with Crippen molar-refractivity contribution in [2.24, 2.45) is 0 Å². The van der Waals surface area contributed by atoms with Gasteiger partial charge in [0.2, 0.25) is 0 Å². The molecule has 0 unspecified atom stereocenters. The molecule has 0 saturated carbocycles. The normalized spacial score (nSPS) is 10.8. The van der Waals surface area contributed by atoms with Crippen LogP contribution in [0.5, 0.6) is 0 Å². The van der Waals surface area contributed by atoms with Crippen molar-refractivity contribution in [3.63, 3.8) is 0 Å². The summed E-state index contributed by atoms with van der Waals surface area (Å²) in [4.78, 5) is 13.6. The summed E-state index contributed by atoms with van der Waals surface area (Å²) in [6.07, 6.45) is 3.58. The number of carbonyl (C=O) groups excluding carboxylic acids is 1. The van der Waals surface area contributed by atoms with Crippen LogP contribution in [-0.2, 0) is 6.42 Å². The largest absolute Gasteiger partial charge is 0.298 e. The Hall–Kier alpha value is -1.91. The van der Waals surface area contributed by atoms with E-state index in [2.05, 4.69) is 18.1 Å². The first-order valence-corrected chi connectivity index (χ1v) is 7.80. The average molecular weight is 317 g/mol. The van der Waals surface area contributed by atoms with Gasteiger partial charge in [0.1, 0.15) is 5.69 Å². The highest BCUT2D eigenvalue weighted by molar-refractivity contribution is 7.15. The van der Waals surface area contributed by atoms with Crippen LogP contribution in [-0.4, -0.2) is 16.1 Å². The molecule has 0 aliphatic carbocycles. The van der Waals surface area contributed by atoms with Gasteiger partial charge in [0, 0.05) is 16.1 Å². The molecule has 106 valence electrons. The van der Waals surface area contributed by atoms with Gasteiger partial charge >= 0.3 is 0 Å². The second-order valence-electron chi connectivity index (χ2n) is 4.59. The van der Waals surface area contributed by atoms with Gasteiger partial charge in [-0.25, -0.2) is 4.68 Å². The third kappa shape index (κ3) is 2.77. The van der Waals surface area contributed by atoms with E-state index in [1.165, 1.54) is 4.88 Å². The summed E-state index contributed by atoms with van der Waals surface area (Å²) in [5.41, 5.74) is 2.19. The van der Waals surface area contributed by atoms with E-state index in [0.717, 1.165) is 29.0 Å². The number of aromatic nitrogens is 2. The second kappa shape index (κ2) is 5.84. The number of aryl methyl sites for hydroxylation is 1. The molecule has 0 bridgehead atoms. The highest BCUT2D eigenvalue weighted by atomic mass is 35.5. The number of carbonyl (C=O) groups is 1. The van der Waals surface area contributed by atoms with Crippen molar-refractivity contribution < 1.29 is 4.79 Å². The van der Waals surface area contributed by atoms with Crippen LogP contribution in [0.15, 0.2) is 42.6 Å². The zero-order valence-electron chi connectivity index (χ0n) is 11.4. The van der Waals surface area contributed by atoms with E-state index in [1.54, 1.807) is 34.3 Å². The van der Waals surface area contributed by atoms with E-state index >= 15 is 0 Å². The van der Waals surface area contributed by atoms with E-state index < -0.39 is 0 Å². The Morgan fingerprint density at radius 2 is 2.00 bits per heavy atom. The summed E-state index contributed by atoms with van der Waals surface area (Å²) in [6, 6.07) is 11.5. The van der Waals surface area contributed by atoms with Gasteiger partial charge in [-0.2, -0.15) is 5.10 Å². The lowest BCUT2D eigenvalue weighted by molar-refractivity contribution is 0.112. The first-order valence-electron chi connectivity index (χ1n) is 6.61. The molecule has 5 heteroatoms. The van der Waals surface area contributed by atoms with Crippen LogP contribution < -0.4 is 0 Å². The summed E-state index contributed by atoms with van der Waals surface area (Å²) in [5, 5.41) is 5.23. The van der Waals surface area contributed by atoms with Crippen LogP contribution >= 0.6 is 22.9 Å². The molecule has 3 aromatic rings. The van der Waals surface area contributed by atoms with Gasteiger partial charge < -0.3 is 0 Å². The number of benzene rings is 1. The number of thiophene rings is 1. The number of rotatable bonds is 4. The van der Waals surface area contributed by atoms with Gasteiger partial charge in [-0.05, 0) is 42.8 Å². The predicted octanol–water partition coefficient (Wildman–Crippen LogP) is 4.63. The van der Waals surface area contributed by atoms with E-state index in [1.807, 2.05) is 18.2 Å². The molecule has 0 saturated heterocycles.